The van der Waals surface area contributed by atoms with Crippen LogP contribution in [-0.4, -0.2) is 20.3 Å². The second-order valence-corrected chi connectivity index (χ2v) is 6.45. The van der Waals surface area contributed by atoms with Crippen molar-refractivity contribution >= 4 is 17.4 Å². The van der Waals surface area contributed by atoms with Crippen LogP contribution in [-0.2, 0) is 6.18 Å². The van der Waals surface area contributed by atoms with E-state index in [-0.39, 0.29) is 5.56 Å². The summed E-state index contributed by atoms with van der Waals surface area (Å²) in [5, 5.41) is 2.64. The van der Waals surface area contributed by atoms with Gasteiger partial charge in [0.25, 0.3) is 5.91 Å². The summed E-state index contributed by atoms with van der Waals surface area (Å²) in [6.07, 6.45) is -1.00. The third-order valence-corrected chi connectivity index (χ3v) is 4.49. The van der Waals surface area contributed by atoms with Crippen molar-refractivity contribution in [1.29, 1.82) is 0 Å². The predicted octanol–water partition coefficient (Wildman–Crippen LogP) is 4.98. The SMILES string of the molecule is Cc1c(-c2cccc(NC(=O)c3cccc(C(F)(F)F)c3)c2)nc2ncccn12. The molecule has 1 amide bonds. The monoisotopic (exact) mass is 396 g/mol. The third kappa shape index (κ3) is 3.69. The number of alkyl halides is 3. The van der Waals surface area contributed by atoms with Gasteiger partial charge in [0.1, 0.15) is 0 Å². The molecule has 0 radical (unpaired) electrons. The van der Waals surface area contributed by atoms with Crippen LogP contribution >= 0.6 is 0 Å². The topological polar surface area (TPSA) is 59.3 Å². The van der Waals surface area contributed by atoms with Gasteiger partial charge in [-0.05, 0) is 43.3 Å². The largest absolute Gasteiger partial charge is 0.416 e. The average Bonchev–Trinajstić information content (AvgIpc) is 3.05. The van der Waals surface area contributed by atoms with Crippen LogP contribution in [0.15, 0.2) is 67.0 Å². The van der Waals surface area contributed by atoms with E-state index in [0.717, 1.165) is 23.4 Å². The van der Waals surface area contributed by atoms with Gasteiger partial charge in [0, 0.05) is 34.9 Å². The second-order valence-electron chi connectivity index (χ2n) is 6.45. The van der Waals surface area contributed by atoms with E-state index in [1.165, 1.54) is 12.1 Å². The normalized spacial score (nSPS) is 11.6. The van der Waals surface area contributed by atoms with E-state index in [1.807, 2.05) is 23.6 Å². The van der Waals surface area contributed by atoms with Gasteiger partial charge in [0.15, 0.2) is 0 Å². The first-order valence-electron chi connectivity index (χ1n) is 8.71. The lowest BCUT2D eigenvalue weighted by Crippen LogP contribution is -2.14. The lowest BCUT2D eigenvalue weighted by atomic mass is 10.1. The van der Waals surface area contributed by atoms with Crippen LogP contribution in [0, 0.1) is 6.92 Å². The number of aryl methyl sites for hydroxylation is 1. The number of halogens is 3. The quantitative estimate of drug-likeness (QED) is 0.532. The fourth-order valence-corrected chi connectivity index (χ4v) is 3.06. The van der Waals surface area contributed by atoms with Crippen molar-refractivity contribution in [2.75, 3.05) is 5.32 Å². The maximum Gasteiger partial charge on any atom is 0.416 e. The summed E-state index contributed by atoms with van der Waals surface area (Å²) in [6, 6.07) is 13.1. The molecule has 8 heteroatoms. The van der Waals surface area contributed by atoms with E-state index < -0.39 is 17.6 Å². The summed E-state index contributed by atoms with van der Waals surface area (Å²) in [5.41, 5.74) is 1.86. The number of imidazole rings is 1. The number of benzene rings is 2. The van der Waals surface area contributed by atoms with Gasteiger partial charge in [-0.15, -0.1) is 0 Å². The highest BCUT2D eigenvalue weighted by atomic mass is 19.4. The summed E-state index contributed by atoms with van der Waals surface area (Å²) in [4.78, 5) is 21.2. The molecule has 0 aliphatic heterocycles. The Bertz CT molecular complexity index is 1210. The predicted molar refractivity (Wildman–Crippen MR) is 103 cm³/mol. The zero-order valence-electron chi connectivity index (χ0n) is 15.2. The molecule has 2 aromatic heterocycles. The minimum Gasteiger partial charge on any atom is -0.322 e. The van der Waals surface area contributed by atoms with Gasteiger partial charge in [-0.2, -0.15) is 13.2 Å². The number of hydrogen-bond donors (Lipinski definition) is 1. The minimum atomic E-state index is -4.51. The van der Waals surface area contributed by atoms with Crippen molar-refractivity contribution in [3.05, 3.63) is 83.8 Å². The lowest BCUT2D eigenvalue weighted by Gasteiger charge is -2.10. The molecule has 0 spiro atoms. The number of amides is 1. The van der Waals surface area contributed by atoms with Gasteiger partial charge in [-0.3, -0.25) is 9.20 Å². The van der Waals surface area contributed by atoms with E-state index in [0.29, 0.717) is 17.2 Å². The highest BCUT2D eigenvalue weighted by Crippen LogP contribution is 2.30. The number of carbonyl (C=O) groups is 1. The molecule has 4 aromatic rings. The van der Waals surface area contributed by atoms with Crippen LogP contribution in [0.3, 0.4) is 0 Å². The number of nitrogens with one attached hydrogen (secondary N) is 1. The molecule has 2 heterocycles. The van der Waals surface area contributed by atoms with E-state index in [9.17, 15) is 18.0 Å². The van der Waals surface area contributed by atoms with Gasteiger partial charge >= 0.3 is 6.18 Å². The number of hydrogen-bond acceptors (Lipinski definition) is 3. The number of fused-ring (bicyclic) bond motifs is 1. The fourth-order valence-electron chi connectivity index (χ4n) is 3.06. The number of rotatable bonds is 3. The molecule has 0 aliphatic carbocycles. The van der Waals surface area contributed by atoms with E-state index in [4.69, 9.17) is 0 Å². The second kappa shape index (κ2) is 7.05. The van der Waals surface area contributed by atoms with Crippen molar-refractivity contribution in [3.63, 3.8) is 0 Å². The van der Waals surface area contributed by atoms with Crippen molar-refractivity contribution in [1.82, 2.24) is 14.4 Å². The number of aromatic nitrogens is 3. The lowest BCUT2D eigenvalue weighted by molar-refractivity contribution is -0.137. The molecule has 0 aliphatic rings. The molecule has 0 fully saturated rings. The molecule has 4 rings (SSSR count). The molecule has 0 saturated carbocycles. The first-order valence-corrected chi connectivity index (χ1v) is 8.71. The van der Waals surface area contributed by atoms with E-state index >= 15 is 0 Å². The Morgan fingerprint density at radius 1 is 1.07 bits per heavy atom. The van der Waals surface area contributed by atoms with Gasteiger partial charge < -0.3 is 5.32 Å². The Labute approximate surface area is 163 Å². The molecule has 0 bridgehead atoms. The molecule has 5 nitrogen and oxygen atoms in total. The van der Waals surface area contributed by atoms with Gasteiger partial charge in [-0.25, -0.2) is 9.97 Å². The van der Waals surface area contributed by atoms with Crippen molar-refractivity contribution in [3.8, 4) is 11.3 Å². The molecule has 0 unspecified atom stereocenters. The molecule has 2 aromatic carbocycles. The average molecular weight is 396 g/mol. The highest BCUT2D eigenvalue weighted by Gasteiger charge is 2.30. The van der Waals surface area contributed by atoms with E-state index in [2.05, 4.69) is 15.3 Å². The summed E-state index contributed by atoms with van der Waals surface area (Å²) in [7, 11) is 0. The van der Waals surface area contributed by atoms with Crippen molar-refractivity contribution in [2.24, 2.45) is 0 Å². The van der Waals surface area contributed by atoms with Crippen LogP contribution in [0.25, 0.3) is 17.0 Å². The smallest absolute Gasteiger partial charge is 0.322 e. The highest BCUT2D eigenvalue weighted by molar-refractivity contribution is 6.04. The summed E-state index contributed by atoms with van der Waals surface area (Å²) in [6.45, 7) is 1.91. The summed E-state index contributed by atoms with van der Waals surface area (Å²) < 4.78 is 40.5. The Hall–Kier alpha value is -3.68. The van der Waals surface area contributed by atoms with Crippen molar-refractivity contribution in [2.45, 2.75) is 13.1 Å². The first kappa shape index (κ1) is 18.7. The van der Waals surface area contributed by atoms with Gasteiger partial charge in [0.05, 0.1) is 11.3 Å². The van der Waals surface area contributed by atoms with E-state index in [1.54, 1.807) is 30.5 Å². The molecule has 0 atom stereocenters. The number of nitrogens with zero attached hydrogens (tertiary/aromatic N) is 3. The Balaban J connectivity index is 1.63. The maximum atomic E-state index is 12.9. The standard InChI is InChI=1S/C21H15F3N4O/c1-13-18(27-20-25-9-4-10-28(13)20)14-5-3-8-17(12-14)26-19(29)15-6-2-7-16(11-15)21(22,23)24/h2-12H,1H3,(H,26,29). The van der Waals surface area contributed by atoms with Crippen LogP contribution < -0.4 is 5.32 Å². The van der Waals surface area contributed by atoms with Crippen molar-refractivity contribution < 1.29 is 18.0 Å². The fraction of sp³-hybridized carbons (Fsp3) is 0.0952. The molecule has 0 saturated heterocycles. The van der Waals surface area contributed by atoms with Gasteiger partial charge in [-0.1, -0.05) is 18.2 Å². The van der Waals surface area contributed by atoms with Crippen LogP contribution in [0.5, 0.6) is 0 Å². The van der Waals surface area contributed by atoms with Crippen LogP contribution in [0.1, 0.15) is 21.6 Å². The minimum absolute atomic E-state index is 0.0710. The van der Waals surface area contributed by atoms with Crippen LogP contribution in [0.2, 0.25) is 0 Å². The zero-order chi connectivity index (χ0) is 20.6. The molecule has 29 heavy (non-hydrogen) atoms. The number of carbonyl (C=O) groups excluding carboxylic acids is 1. The molecule has 146 valence electrons. The van der Waals surface area contributed by atoms with Gasteiger partial charge in [0.2, 0.25) is 5.78 Å². The first-order chi connectivity index (χ1) is 13.8. The zero-order valence-corrected chi connectivity index (χ0v) is 15.2. The Morgan fingerprint density at radius 2 is 1.86 bits per heavy atom. The molecular weight excluding hydrogens is 381 g/mol. The molecular formula is C21H15F3N4O. The molecule has 1 N–H and O–H groups in total. The summed E-state index contributed by atoms with van der Waals surface area (Å²) >= 11 is 0. The Morgan fingerprint density at radius 3 is 2.62 bits per heavy atom. The Kier molecular flexibility index (Phi) is 4.54. The van der Waals surface area contributed by atoms with Crippen LogP contribution in [0.4, 0.5) is 18.9 Å². The third-order valence-electron chi connectivity index (χ3n) is 4.49. The maximum absolute atomic E-state index is 12.9. The number of anilines is 1. The summed E-state index contributed by atoms with van der Waals surface area (Å²) in [5.74, 6) is -0.0694.